The molecule has 0 saturated carbocycles. The van der Waals surface area contributed by atoms with Gasteiger partial charge < -0.3 is 10.1 Å². The Hall–Kier alpha value is -2.38. The van der Waals surface area contributed by atoms with Gasteiger partial charge in [0, 0.05) is 12.7 Å². The molecular weight excluding hydrogens is 316 g/mol. The van der Waals surface area contributed by atoms with Gasteiger partial charge in [0.1, 0.15) is 0 Å². The fourth-order valence-electron chi connectivity index (χ4n) is 2.04. The molecule has 0 heterocycles. The number of carbonyl (C=O) groups excluding carboxylic acids is 1. The second kappa shape index (κ2) is 7.26. The zero-order valence-corrected chi connectivity index (χ0v) is 13.7. The van der Waals surface area contributed by atoms with Crippen molar-refractivity contribution in [2.24, 2.45) is 0 Å². The van der Waals surface area contributed by atoms with Crippen LogP contribution in [-0.4, -0.2) is 27.7 Å². The predicted molar refractivity (Wildman–Crippen MR) is 90.0 cm³/mol. The molecule has 0 aliphatic rings. The van der Waals surface area contributed by atoms with Crippen molar-refractivity contribution in [2.75, 3.05) is 23.4 Å². The molecule has 1 amide bonds. The molecule has 6 nitrogen and oxygen atoms in total. The Morgan fingerprint density at radius 1 is 1.09 bits per heavy atom. The number of anilines is 2. The number of ether oxygens (including phenoxy) is 1. The molecule has 2 aromatic rings. The highest BCUT2D eigenvalue weighted by molar-refractivity contribution is 7.92. The minimum Gasteiger partial charge on any atom is -0.380 e. The third kappa shape index (κ3) is 5.08. The summed E-state index contributed by atoms with van der Waals surface area (Å²) in [5, 5.41) is 2.71. The van der Waals surface area contributed by atoms with Crippen LogP contribution < -0.4 is 10.0 Å². The molecule has 2 aromatic carbocycles. The second-order valence-corrected chi connectivity index (χ2v) is 6.76. The first kappa shape index (κ1) is 17.0. The fraction of sp³-hybridized carbons (Fsp3) is 0.188. The first-order valence-electron chi connectivity index (χ1n) is 6.85. The number of hydrogen-bond donors (Lipinski definition) is 2. The minimum absolute atomic E-state index is 0.316. The lowest BCUT2D eigenvalue weighted by atomic mass is 10.1. The average Bonchev–Trinajstić information content (AvgIpc) is 2.48. The van der Waals surface area contributed by atoms with E-state index in [2.05, 4.69) is 10.0 Å². The average molecular weight is 334 g/mol. The summed E-state index contributed by atoms with van der Waals surface area (Å²) in [5.41, 5.74) is 2.05. The van der Waals surface area contributed by atoms with Gasteiger partial charge in [-0.1, -0.05) is 24.3 Å². The van der Waals surface area contributed by atoms with Crippen LogP contribution in [0.25, 0.3) is 0 Å². The number of nitrogens with one attached hydrogen (secondary N) is 2. The van der Waals surface area contributed by atoms with E-state index in [4.69, 9.17) is 4.74 Å². The highest BCUT2D eigenvalue weighted by Gasteiger charge is 2.11. The summed E-state index contributed by atoms with van der Waals surface area (Å²) in [5.74, 6) is -0.328. The smallest absolute Gasteiger partial charge is 0.255 e. The van der Waals surface area contributed by atoms with Crippen molar-refractivity contribution in [3.05, 3.63) is 59.7 Å². The third-order valence-electron chi connectivity index (χ3n) is 2.97. The van der Waals surface area contributed by atoms with Crippen LogP contribution in [0, 0.1) is 0 Å². The molecule has 2 N–H and O–H groups in total. The summed E-state index contributed by atoms with van der Waals surface area (Å²) in [6, 6.07) is 13.6. The van der Waals surface area contributed by atoms with E-state index in [1.807, 2.05) is 6.07 Å². The Kier molecular flexibility index (Phi) is 5.36. The molecule has 0 fully saturated rings. The summed E-state index contributed by atoms with van der Waals surface area (Å²) in [6.45, 7) is 0.410. The molecule has 122 valence electrons. The van der Waals surface area contributed by atoms with Crippen LogP contribution >= 0.6 is 0 Å². The summed E-state index contributed by atoms with van der Waals surface area (Å²) >= 11 is 0. The molecule has 0 radical (unpaired) electrons. The summed E-state index contributed by atoms with van der Waals surface area (Å²) in [7, 11) is -1.85. The maximum Gasteiger partial charge on any atom is 0.255 e. The van der Waals surface area contributed by atoms with E-state index in [-0.39, 0.29) is 5.91 Å². The number of rotatable bonds is 6. The van der Waals surface area contributed by atoms with Gasteiger partial charge in [0.05, 0.1) is 24.2 Å². The van der Waals surface area contributed by atoms with Gasteiger partial charge in [0.15, 0.2) is 0 Å². The van der Waals surface area contributed by atoms with Crippen LogP contribution in [0.2, 0.25) is 0 Å². The van der Waals surface area contributed by atoms with Crippen LogP contribution in [0.15, 0.2) is 48.5 Å². The lowest BCUT2D eigenvalue weighted by Crippen LogP contribution is -2.16. The Bertz CT molecular complexity index is 803. The van der Waals surface area contributed by atoms with Crippen molar-refractivity contribution < 1.29 is 17.9 Å². The van der Waals surface area contributed by atoms with Crippen molar-refractivity contribution >= 4 is 27.3 Å². The zero-order valence-electron chi connectivity index (χ0n) is 12.9. The van der Waals surface area contributed by atoms with Crippen molar-refractivity contribution in [3.63, 3.8) is 0 Å². The van der Waals surface area contributed by atoms with Gasteiger partial charge in [-0.2, -0.15) is 0 Å². The van der Waals surface area contributed by atoms with E-state index in [1.54, 1.807) is 49.6 Å². The quantitative estimate of drug-likeness (QED) is 0.850. The van der Waals surface area contributed by atoms with Crippen LogP contribution in [0.5, 0.6) is 0 Å². The zero-order chi connectivity index (χ0) is 16.9. The van der Waals surface area contributed by atoms with Crippen LogP contribution in [0.3, 0.4) is 0 Å². The Labute approximate surface area is 135 Å². The van der Waals surface area contributed by atoms with Crippen molar-refractivity contribution in [3.8, 4) is 0 Å². The number of methoxy groups -OCH3 is 1. The molecule has 2 rings (SSSR count). The predicted octanol–water partition coefficient (Wildman–Crippen LogP) is 2.46. The Morgan fingerprint density at radius 3 is 2.43 bits per heavy atom. The van der Waals surface area contributed by atoms with Crippen LogP contribution in [0.4, 0.5) is 11.4 Å². The van der Waals surface area contributed by atoms with Crippen molar-refractivity contribution in [1.82, 2.24) is 0 Å². The highest BCUT2D eigenvalue weighted by Crippen LogP contribution is 2.22. The summed E-state index contributed by atoms with van der Waals surface area (Å²) in [6.07, 6.45) is 1.06. The van der Waals surface area contributed by atoms with Gasteiger partial charge in [-0.25, -0.2) is 8.42 Å². The Balaban J connectivity index is 2.22. The normalized spacial score (nSPS) is 11.0. The standard InChI is InChI=1S/C16H18N2O4S/c1-22-11-12-6-5-7-13(10-12)16(19)17-14-8-3-4-9-15(14)18-23(2,20)21/h3-10,18H,11H2,1-2H3,(H,17,19). The Morgan fingerprint density at radius 2 is 1.78 bits per heavy atom. The SMILES string of the molecule is COCc1cccc(C(=O)Nc2ccccc2NS(C)(=O)=O)c1. The molecule has 0 unspecified atom stereocenters. The molecule has 0 aliphatic heterocycles. The topological polar surface area (TPSA) is 84.5 Å². The molecule has 0 saturated heterocycles. The molecule has 0 bridgehead atoms. The second-order valence-electron chi connectivity index (χ2n) is 5.01. The first-order valence-corrected chi connectivity index (χ1v) is 8.74. The van der Waals surface area contributed by atoms with Crippen molar-refractivity contribution in [1.29, 1.82) is 0 Å². The molecule has 7 heteroatoms. The monoisotopic (exact) mass is 334 g/mol. The summed E-state index contributed by atoms with van der Waals surface area (Å²) in [4.78, 5) is 12.4. The van der Waals surface area contributed by atoms with E-state index in [1.165, 1.54) is 0 Å². The number of hydrogen-bond acceptors (Lipinski definition) is 4. The van der Waals surface area contributed by atoms with Gasteiger partial charge >= 0.3 is 0 Å². The molecule has 0 atom stereocenters. The van der Waals surface area contributed by atoms with E-state index >= 15 is 0 Å². The van der Waals surface area contributed by atoms with E-state index < -0.39 is 10.0 Å². The number of benzene rings is 2. The largest absolute Gasteiger partial charge is 0.380 e. The van der Waals surface area contributed by atoms with Gasteiger partial charge in [-0.05, 0) is 29.8 Å². The van der Waals surface area contributed by atoms with E-state index in [0.29, 0.717) is 23.5 Å². The summed E-state index contributed by atoms with van der Waals surface area (Å²) < 4.78 is 30.2. The number of sulfonamides is 1. The van der Waals surface area contributed by atoms with Gasteiger partial charge in [-0.15, -0.1) is 0 Å². The highest BCUT2D eigenvalue weighted by atomic mass is 32.2. The third-order valence-corrected chi connectivity index (χ3v) is 3.56. The molecule has 0 aromatic heterocycles. The molecule has 0 spiro atoms. The van der Waals surface area contributed by atoms with Gasteiger partial charge in [0.25, 0.3) is 5.91 Å². The maximum absolute atomic E-state index is 12.4. The lowest BCUT2D eigenvalue weighted by Gasteiger charge is -2.12. The van der Waals surface area contributed by atoms with Gasteiger partial charge in [0.2, 0.25) is 10.0 Å². The van der Waals surface area contributed by atoms with Crippen LogP contribution in [-0.2, 0) is 21.4 Å². The fourth-order valence-corrected chi connectivity index (χ4v) is 2.62. The van der Waals surface area contributed by atoms with Crippen molar-refractivity contribution in [2.45, 2.75) is 6.61 Å². The van der Waals surface area contributed by atoms with Gasteiger partial charge in [-0.3, -0.25) is 9.52 Å². The maximum atomic E-state index is 12.4. The number of para-hydroxylation sites is 2. The van der Waals surface area contributed by atoms with E-state index in [0.717, 1.165) is 11.8 Å². The molecular formula is C16H18N2O4S. The lowest BCUT2D eigenvalue weighted by molar-refractivity contribution is 0.102. The number of amides is 1. The minimum atomic E-state index is -3.43. The molecule has 23 heavy (non-hydrogen) atoms. The number of carbonyl (C=O) groups is 1. The van der Waals surface area contributed by atoms with E-state index in [9.17, 15) is 13.2 Å². The first-order chi connectivity index (χ1) is 10.9. The molecule has 0 aliphatic carbocycles. The van der Waals surface area contributed by atoms with Crippen LogP contribution in [0.1, 0.15) is 15.9 Å².